The standard InChI is InChI=1S/C8H4BrF5IN/c9-2-3-1-4(6(10)11)7(15)16-5(3)8(12,13)14/h1,6H,2H2. The molecule has 0 atom stereocenters. The van der Waals surface area contributed by atoms with E-state index in [0.717, 1.165) is 6.07 Å². The number of hydrogen-bond donors (Lipinski definition) is 0. The summed E-state index contributed by atoms with van der Waals surface area (Å²) in [6, 6.07) is 0.830. The maximum absolute atomic E-state index is 12.5. The smallest absolute Gasteiger partial charge is 0.237 e. The van der Waals surface area contributed by atoms with E-state index in [1.807, 2.05) is 0 Å². The summed E-state index contributed by atoms with van der Waals surface area (Å²) in [5.41, 5.74) is -1.90. The number of rotatable bonds is 2. The van der Waals surface area contributed by atoms with Crippen molar-refractivity contribution >= 4 is 38.5 Å². The van der Waals surface area contributed by atoms with Gasteiger partial charge in [-0.3, -0.25) is 0 Å². The van der Waals surface area contributed by atoms with Crippen LogP contribution in [-0.2, 0) is 11.5 Å². The molecule has 0 bridgehead atoms. The van der Waals surface area contributed by atoms with Crippen LogP contribution in [0.2, 0.25) is 0 Å². The highest BCUT2D eigenvalue weighted by molar-refractivity contribution is 14.1. The van der Waals surface area contributed by atoms with Crippen LogP contribution in [0.25, 0.3) is 0 Å². The normalized spacial score (nSPS) is 12.2. The summed E-state index contributed by atoms with van der Waals surface area (Å²) in [5.74, 6) is 0. The van der Waals surface area contributed by atoms with Gasteiger partial charge in [0.15, 0.2) is 0 Å². The van der Waals surface area contributed by atoms with Crippen LogP contribution in [0, 0.1) is 3.70 Å². The molecule has 0 radical (unpaired) electrons. The zero-order chi connectivity index (χ0) is 12.5. The predicted octanol–water partition coefficient (Wildman–Crippen LogP) is 4.54. The van der Waals surface area contributed by atoms with Gasteiger partial charge in [0.25, 0.3) is 6.43 Å². The van der Waals surface area contributed by atoms with Crippen LogP contribution in [0.3, 0.4) is 0 Å². The van der Waals surface area contributed by atoms with Gasteiger partial charge in [0.1, 0.15) is 9.39 Å². The van der Waals surface area contributed by atoms with Gasteiger partial charge in [0, 0.05) is 10.9 Å². The molecule has 16 heavy (non-hydrogen) atoms. The molecule has 90 valence electrons. The van der Waals surface area contributed by atoms with Crippen LogP contribution >= 0.6 is 38.5 Å². The third-order valence-corrected chi connectivity index (χ3v) is 3.20. The fraction of sp³-hybridized carbons (Fsp3) is 0.375. The first-order chi connectivity index (χ1) is 7.27. The molecule has 0 saturated carbocycles. The fourth-order valence-corrected chi connectivity index (χ4v) is 2.11. The van der Waals surface area contributed by atoms with Gasteiger partial charge in [-0.1, -0.05) is 15.9 Å². The van der Waals surface area contributed by atoms with Crippen molar-refractivity contribution in [2.24, 2.45) is 0 Å². The van der Waals surface area contributed by atoms with Gasteiger partial charge in [-0.2, -0.15) is 13.2 Å². The Bertz CT molecular complexity index is 393. The van der Waals surface area contributed by atoms with E-state index in [1.54, 1.807) is 0 Å². The molecule has 1 rings (SSSR count). The second kappa shape index (κ2) is 5.11. The summed E-state index contributed by atoms with van der Waals surface area (Å²) in [5, 5.41) is -0.175. The Morgan fingerprint density at radius 1 is 1.38 bits per heavy atom. The molecule has 0 fully saturated rings. The van der Waals surface area contributed by atoms with Gasteiger partial charge in [-0.05, 0) is 34.2 Å². The molecule has 1 nitrogen and oxygen atoms in total. The number of nitrogens with zero attached hydrogens (tertiary/aromatic N) is 1. The van der Waals surface area contributed by atoms with E-state index in [-0.39, 0.29) is 14.6 Å². The zero-order valence-corrected chi connectivity index (χ0v) is 11.2. The largest absolute Gasteiger partial charge is 0.433 e. The Kier molecular flexibility index (Phi) is 4.49. The van der Waals surface area contributed by atoms with E-state index in [0.29, 0.717) is 0 Å². The van der Waals surface area contributed by atoms with E-state index in [1.165, 1.54) is 22.6 Å². The van der Waals surface area contributed by atoms with Gasteiger partial charge in [0.2, 0.25) is 0 Å². The molecule has 0 aliphatic carbocycles. The minimum atomic E-state index is -4.64. The van der Waals surface area contributed by atoms with Crippen molar-refractivity contribution in [3.8, 4) is 0 Å². The minimum Gasteiger partial charge on any atom is -0.237 e. The van der Waals surface area contributed by atoms with Crippen molar-refractivity contribution in [3.63, 3.8) is 0 Å². The molecule has 8 heteroatoms. The van der Waals surface area contributed by atoms with Gasteiger partial charge in [-0.25, -0.2) is 13.8 Å². The molecule has 0 unspecified atom stereocenters. The van der Waals surface area contributed by atoms with E-state index < -0.39 is 23.9 Å². The van der Waals surface area contributed by atoms with E-state index in [9.17, 15) is 22.0 Å². The summed E-state index contributed by atoms with van der Waals surface area (Å²) in [6.45, 7) is 0. The third kappa shape index (κ3) is 3.02. The molecular weight excluding hydrogens is 412 g/mol. The average molecular weight is 416 g/mol. The molecule has 1 heterocycles. The first-order valence-electron chi connectivity index (χ1n) is 3.88. The number of pyridine rings is 1. The number of hydrogen-bond acceptors (Lipinski definition) is 1. The van der Waals surface area contributed by atoms with Gasteiger partial charge < -0.3 is 0 Å². The van der Waals surface area contributed by atoms with Crippen LogP contribution in [0.15, 0.2) is 6.07 Å². The maximum atomic E-state index is 12.5. The van der Waals surface area contributed by atoms with Crippen molar-refractivity contribution in [2.45, 2.75) is 17.9 Å². The van der Waals surface area contributed by atoms with Crippen LogP contribution < -0.4 is 0 Å². The lowest BCUT2D eigenvalue weighted by Crippen LogP contribution is -2.13. The summed E-state index contributed by atoms with van der Waals surface area (Å²) < 4.78 is 62.0. The topological polar surface area (TPSA) is 12.9 Å². The Hall–Kier alpha value is 0.01000. The highest BCUT2D eigenvalue weighted by Gasteiger charge is 2.36. The average Bonchev–Trinajstić information content (AvgIpc) is 2.15. The summed E-state index contributed by atoms with van der Waals surface area (Å²) in [7, 11) is 0. The van der Waals surface area contributed by atoms with Crippen LogP contribution in [0.5, 0.6) is 0 Å². The van der Waals surface area contributed by atoms with Crippen molar-refractivity contribution in [3.05, 3.63) is 26.6 Å². The van der Waals surface area contributed by atoms with E-state index >= 15 is 0 Å². The Labute approximate surface area is 110 Å². The molecule has 0 N–H and O–H groups in total. The number of aromatic nitrogens is 1. The van der Waals surface area contributed by atoms with Crippen LogP contribution in [-0.4, -0.2) is 4.98 Å². The van der Waals surface area contributed by atoms with Crippen molar-refractivity contribution in [1.82, 2.24) is 4.98 Å². The van der Waals surface area contributed by atoms with Crippen LogP contribution in [0.4, 0.5) is 22.0 Å². The molecule has 0 saturated heterocycles. The zero-order valence-electron chi connectivity index (χ0n) is 7.45. The second-order valence-electron chi connectivity index (χ2n) is 2.81. The Balaban J connectivity index is 3.38. The van der Waals surface area contributed by atoms with Gasteiger partial charge >= 0.3 is 6.18 Å². The van der Waals surface area contributed by atoms with Crippen molar-refractivity contribution < 1.29 is 22.0 Å². The van der Waals surface area contributed by atoms with Gasteiger partial charge in [0.05, 0.1) is 0 Å². The monoisotopic (exact) mass is 415 g/mol. The highest BCUT2D eigenvalue weighted by atomic mass is 127. The highest BCUT2D eigenvalue weighted by Crippen LogP contribution is 2.34. The van der Waals surface area contributed by atoms with E-state index in [4.69, 9.17) is 0 Å². The summed E-state index contributed by atoms with van der Waals surface area (Å²) in [4.78, 5) is 3.19. The van der Waals surface area contributed by atoms with Crippen LogP contribution in [0.1, 0.15) is 23.2 Å². The molecule has 1 aromatic heterocycles. The first kappa shape index (κ1) is 14.1. The predicted molar refractivity (Wildman–Crippen MR) is 59.5 cm³/mol. The summed E-state index contributed by atoms with van der Waals surface area (Å²) >= 11 is 4.19. The Morgan fingerprint density at radius 2 is 1.94 bits per heavy atom. The van der Waals surface area contributed by atoms with Crippen molar-refractivity contribution in [1.29, 1.82) is 0 Å². The first-order valence-corrected chi connectivity index (χ1v) is 6.08. The van der Waals surface area contributed by atoms with Crippen molar-refractivity contribution in [2.75, 3.05) is 0 Å². The minimum absolute atomic E-state index is 0.175. The number of halogens is 7. The molecule has 1 aromatic rings. The second-order valence-corrected chi connectivity index (χ2v) is 4.39. The van der Waals surface area contributed by atoms with Gasteiger partial charge in [-0.15, -0.1) is 0 Å². The molecule has 0 aromatic carbocycles. The molecule has 0 spiro atoms. The maximum Gasteiger partial charge on any atom is 0.433 e. The summed E-state index contributed by atoms with van der Waals surface area (Å²) in [6.07, 6.45) is -7.47. The number of alkyl halides is 6. The van der Waals surface area contributed by atoms with E-state index in [2.05, 4.69) is 20.9 Å². The lowest BCUT2D eigenvalue weighted by molar-refractivity contribution is -0.141. The SMILES string of the molecule is FC(F)c1cc(CBr)c(C(F)(F)F)nc1I. The molecule has 0 aliphatic heterocycles. The lowest BCUT2D eigenvalue weighted by atomic mass is 10.1. The molecule has 0 amide bonds. The third-order valence-electron chi connectivity index (χ3n) is 1.73. The fourth-order valence-electron chi connectivity index (χ4n) is 1.05. The Morgan fingerprint density at radius 3 is 2.31 bits per heavy atom. The molecular formula is C8H4BrF5IN. The lowest BCUT2D eigenvalue weighted by Gasteiger charge is -2.13. The molecule has 0 aliphatic rings. The quantitative estimate of drug-likeness (QED) is 0.299.